The van der Waals surface area contributed by atoms with Crippen LogP contribution in [0.4, 0.5) is 57.1 Å². The molecular formula is C39H47F13O6Si. The third kappa shape index (κ3) is 11.0. The summed E-state index contributed by atoms with van der Waals surface area (Å²) in [7, 11) is -2.73. The fourth-order valence-corrected chi connectivity index (χ4v) is 11.0. The Bertz CT molecular complexity index is 1710. The fourth-order valence-electron chi connectivity index (χ4n) is 6.30. The molecule has 0 heterocycles. The highest BCUT2D eigenvalue weighted by Crippen LogP contribution is 2.61. The molecule has 3 atom stereocenters. The molecule has 334 valence electrons. The van der Waals surface area contributed by atoms with Crippen LogP contribution in [-0.4, -0.2) is 81.8 Å². The second kappa shape index (κ2) is 19.4. The Morgan fingerprint density at radius 3 is 1.69 bits per heavy atom. The number of ether oxygens (including phenoxy) is 3. The predicted molar refractivity (Wildman–Crippen MR) is 193 cm³/mol. The van der Waals surface area contributed by atoms with Crippen molar-refractivity contribution in [1.29, 1.82) is 0 Å². The van der Waals surface area contributed by atoms with Crippen LogP contribution in [0.2, 0.25) is 17.1 Å². The third-order valence-electron chi connectivity index (χ3n) is 10.1. The molecule has 0 amide bonds. The quantitative estimate of drug-likeness (QED) is 0.0386. The van der Waals surface area contributed by atoms with E-state index in [4.69, 9.17) is 18.6 Å². The van der Waals surface area contributed by atoms with Crippen LogP contribution in [0.3, 0.4) is 0 Å². The van der Waals surface area contributed by atoms with Gasteiger partial charge in [-0.25, -0.2) is 4.79 Å². The van der Waals surface area contributed by atoms with Crippen molar-refractivity contribution in [1.82, 2.24) is 0 Å². The number of halogens is 13. The Balaban J connectivity index is 2.57. The standard InChI is InChI=1S/C39H47F13O6Si/c1-23(2)59(24(3)4,21-19-34(40,41)35(42,43)36(44,45)37(46,47)38(48,49)39(50,51)52)58-32(25(5)18-20-56-22-28-14-16-30(55-8)17-15-28)26(6)31(53)27(7)57-33(54)29-12-10-9-11-13-29/h9-18,23-24,26-27,32H,19-22H2,1-8H3/b25-18+/t26-,27-,32+/m1/s1. The van der Waals surface area contributed by atoms with E-state index in [1.165, 1.54) is 85.9 Å². The van der Waals surface area contributed by atoms with E-state index < -0.39 is 97.5 Å². The summed E-state index contributed by atoms with van der Waals surface area (Å²) in [4.78, 5) is 26.6. The number of methoxy groups -OCH3 is 1. The second-order valence-electron chi connectivity index (χ2n) is 14.7. The van der Waals surface area contributed by atoms with Gasteiger partial charge < -0.3 is 18.6 Å². The normalized spacial score (nSPS) is 15.6. The molecule has 0 saturated heterocycles. The number of carbonyl (C=O) groups excluding carboxylic acids is 2. The van der Waals surface area contributed by atoms with Crippen molar-refractivity contribution in [3.8, 4) is 5.75 Å². The molecule has 6 nitrogen and oxygen atoms in total. The van der Waals surface area contributed by atoms with E-state index in [1.807, 2.05) is 0 Å². The number of hydrogen-bond donors (Lipinski definition) is 0. The van der Waals surface area contributed by atoms with Crippen LogP contribution in [0.5, 0.6) is 5.75 Å². The van der Waals surface area contributed by atoms with Crippen LogP contribution in [-0.2, 0) is 25.3 Å². The SMILES string of the molecule is COc1ccc(COC/C=C(\C)[C@H](O[Si](CCC(F)(F)C(F)(F)C(F)(F)C(F)(F)C(F)(F)C(F)(F)F)(C(C)C)C(C)C)[C@H](C)C(=O)[C@@H](C)OC(=O)c2ccccc2)cc1. The molecule has 0 N–H and O–H groups in total. The molecule has 0 saturated carbocycles. The highest BCUT2D eigenvalue weighted by Gasteiger charge is 2.90. The summed E-state index contributed by atoms with van der Waals surface area (Å²) in [5.41, 5.74) is -0.789. The Hall–Kier alpha value is -3.65. The maximum atomic E-state index is 15.2. The van der Waals surface area contributed by atoms with E-state index in [0.717, 1.165) is 5.56 Å². The molecule has 2 rings (SSSR count). The van der Waals surface area contributed by atoms with Crippen molar-refractivity contribution in [2.75, 3.05) is 13.7 Å². The van der Waals surface area contributed by atoms with E-state index >= 15 is 8.78 Å². The Morgan fingerprint density at radius 1 is 0.712 bits per heavy atom. The van der Waals surface area contributed by atoms with Crippen LogP contribution in [0, 0.1) is 5.92 Å². The van der Waals surface area contributed by atoms with Crippen molar-refractivity contribution in [3.05, 3.63) is 77.4 Å². The van der Waals surface area contributed by atoms with Crippen molar-refractivity contribution < 1.29 is 85.3 Å². The van der Waals surface area contributed by atoms with Crippen molar-refractivity contribution in [2.45, 2.75) is 127 Å². The van der Waals surface area contributed by atoms with Gasteiger partial charge in [0, 0.05) is 12.3 Å². The molecule has 0 spiro atoms. The minimum atomic E-state index is -8.02. The zero-order chi connectivity index (χ0) is 45.6. The lowest BCUT2D eigenvalue weighted by molar-refractivity contribution is -0.440. The Labute approximate surface area is 334 Å². The number of ketones is 1. The number of rotatable bonds is 22. The molecule has 2 aromatic rings. The lowest BCUT2D eigenvalue weighted by atomic mass is 9.92. The largest absolute Gasteiger partial charge is 0.497 e. The van der Waals surface area contributed by atoms with Gasteiger partial charge in [0.25, 0.3) is 0 Å². The summed E-state index contributed by atoms with van der Waals surface area (Å²) < 4.78 is 205. The van der Waals surface area contributed by atoms with Gasteiger partial charge in [0.1, 0.15) is 5.75 Å². The van der Waals surface area contributed by atoms with Crippen molar-refractivity contribution in [3.63, 3.8) is 0 Å². The molecule has 0 unspecified atom stereocenters. The summed E-state index contributed by atoms with van der Waals surface area (Å²) in [6.45, 7) is 9.48. The summed E-state index contributed by atoms with van der Waals surface area (Å²) in [5, 5.41) is 0. The zero-order valence-electron chi connectivity index (χ0n) is 33.4. The molecule has 59 heavy (non-hydrogen) atoms. The number of carbonyl (C=O) groups is 2. The fraction of sp³-hybridized carbons (Fsp3) is 0.590. The van der Waals surface area contributed by atoms with Gasteiger partial charge in [-0.1, -0.05) is 71.0 Å². The van der Waals surface area contributed by atoms with Gasteiger partial charge >= 0.3 is 41.8 Å². The first-order valence-corrected chi connectivity index (χ1v) is 20.4. The van der Waals surface area contributed by atoms with Gasteiger partial charge in [0.05, 0.1) is 32.0 Å². The van der Waals surface area contributed by atoms with Crippen molar-refractivity contribution >= 4 is 20.1 Å². The highest BCUT2D eigenvalue weighted by molar-refractivity contribution is 6.76. The monoisotopic (exact) mass is 886 g/mol. The van der Waals surface area contributed by atoms with Gasteiger partial charge in [-0.3, -0.25) is 4.79 Å². The molecule has 0 bridgehead atoms. The molecule has 0 aliphatic carbocycles. The highest BCUT2D eigenvalue weighted by atomic mass is 28.4. The minimum absolute atomic E-state index is 0.0683. The summed E-state index contributed by atoms with van der Waals surface area (Å²) >= 11 is 0. The molecule has 0 aliphatic heterocycles. The average molecular weight is 887 g/mol. The molecule has 0 aliphatic rings. The van der Waals surface area contributed by atoms with Crippen LogP contribution >= 0.6 is 0 Å². The minimum Gasteiger partial charge on any atom is -0.497 e. The zero-order valence-corrected chi connectivity index (χ0v) is 34.4. The van der Waals surface area contributed by atoms with Crippen LogP contribution in [0.15, 0.2) is 66.2 Å². The third-order valence-corrected chi connectivity index (χ3v) is 15.8. The van der Waals surface area contributed by atoms with Gasteiger partial charge in [-0.15, -0.1) is 0 Å². The Kier molecular flexibility index (Phi) is 16.9. The number of benzene rings is 2. The van der Waals surface area contributed by atoms with Crippen LogP contribution < -0.4 is 4.74 Å². The maximum Gasteiger partial charge on any atom is 0.460 e. The lowest BCUT2D eigenvalue weighted by Crippen LogP contribution is -2.70. The number of alkyl halides is 13. The molecule has 0 radical (unpaired) electrons. The smallest absolute Gasteiger partial charge is 0.460 e. The number of hydrogen-bond acceptors (Lipinski definition) is 6. The van der Waals surface area contributed by atoms with Crippen molar-refractivity contribution in [2.24, 2.45) is 5.92 Å². The summed E-state index contributed by atoms with van der Waals surface area (Å²) in [6, 6.07) is 13.0. The summed E-state index contributed by atoms with van der Waals surface area (Å²) in [6.07, 6.45) is -11.4. The molecular weight excluding hydrogens is 839 g/mol. The predicted octanol–water partition coefficient (Wildman–Crippen LogP) is 11.9. The summed E-state index contributed by atoms with van der Waals surface area (Å²) in [5.74, 6) is -40.0. The number of esters is 1. The maximum absolute atomic E-state index is 15.2. The van der Waals surface area contributed by atoms with Gasteiger partial charge in [0.15, 0.2) is 20.2 Å². The first kappa shape index (κ1) is 51.5. The van der Waals surface area contributed by atoms with E-state index in [1.54, 1.807) is 30.3 Å². The molecule has 0 fully saturated rings. The van der Waals surface area contributed by atoms with E-state index in [9.17, 15) is 57.9 Å². The number of Topliss-reactive ketones (excluding diaryl/α,β-unsaturated/α-hetero) is 1. The Morgan fingerprint density at radius 2 is 1.22 bits per heavy atom. The first-order valence-electron chi connectivity index (χ1n) is 18.2. The van der Waals surface area contributed by atoms with E-state index in [0.29, 0.717) is 5.75 Å². The van der Waals surface area contributed by atoms with Gasteiger partial charge in [-0.05, 0) is 66.4 Å². The molecule has 2 aromatic carbocycles. The topological polar surface area (TPSA) is 71.1 Å². The van der Waals surface area contributed by atoms with E-state index in [2.05, 4.69) is 0 Å². The van der Waals surface area contributed by atoms with E-state index in [-0.39, 0.29) is 24.4 Å². The first-order chi connectivity index (χ1) is 26.9. The average Bonchev–Trinajstić information content (AvgIpc) is 3.15. The van der Waals surface area contributed by atoms with Crippen LogP contribution in [0.1, 0.15) is 70.8 Å². The lowest BCUT2D eigenvalue weighted by Gasteiger charge is -2.45. The van der Waals surface area contributed by atoms with Crippen LogP contribution in [0.25, 0.3) is 0 Å². The molecule has 0 aromatic heterocycles. The molecule has 20 heteroatoms. The second-order valence-corrected chi connectivity index (χ2v) is 19.7. The van der Waals surface area contributed by atoms with Gasteiger partial charge in [-0.2, -0.15) is 57.1 Å². The van der Waals surface area contributed by atoms with Gasteiger partial charge in [0.2, 0.25) is 0 Å².